The maximum Gasteiger partial charge on any atom is 0.337 e. The molecule has 1 saturated heterocycles. The van der Waals surface area contributed by atoms with E-state index in [1.807, 2.05) is 0 Å². The monoisotopic (exact) mass is 432 g/mol. The molecule has 0 bridgehead atoms. The molecule has 2 aliphatic carbocycles. The highest BCUT2D eigenvalue weighted by atomic mass is 16.5. The molecule has 0 unspecified atom stereocenters. The van der Waals surface area contributed by atoms with E-state index in [-0.39, 0.29) is 11.8 Å². The van der Waals surface area contributed by atoms with Crippen molar-refractivity contribution in [3.05, 3.63) is 71.8 Å². The van der Waals surface area contributed by atoms with E-state index in [9.17, 15) is 5.11 Å². The maximum absolute atomic E-state index is 10.8. The minimum absolute atomic E-state index is 0.134. The number of hydrogen-bond donors (Lipinski definition) is 1. The summed E-state index contributed by atoms with van der Waals surface area (Å²) in [5.41, 5.74) is 2.69. The van der Waals surface area contributed by atoms with Gasteiger partial charge in [0.05, 0.1) is 32.0 Å². The van der Waals surface area contributed by atoms with Gasteiger partial charge in [-0.1, -0.05) is 60.7 Å². The van der Waals surface area contributed by atoms with E-state index in [4.69, 9.17) is 9.47 Å². The van der Waals surface area contributed by atoms with E-state index in [0.29, 0.717) is 29.8 Å². The lowest BCUT2D eigenvalue weighted by Gasteiger charge is -2.36. The smallest absolute Gasteiger partial charge is 0.337 e. The fourth-order valence-electron chi connectivity index (χ4n) is 6.89. The van der Waals surface area contributed by atoms with E-state index in [2.05, 4.69) is 65.2 Å². The van der Waals surface area contributed by atoms with Crippen molar-refractivity contribution in [2.45, 2.75) is 63.3 Å². The summed E-state index contributed by atoms with van der Waals surface area (Å²) in [5, 5.41) is 10.8. The molecule has 3 fully saturated rings. The number of aliphatic hydroxyl groups is 1. The second-order valence-corrected chi connectivity index (χ2v) is 10.4. The van der Waals surface area contributed by atoms with Crippen molar-refractivity contribution in [3.8, 4) is 0 Å². The number of rotatable bonds is 6. The van der Waals surface area contributed by atoms with Crippen LogP contribution in [0, 0.1) is 17.3 Å². The number of fused-ring (bicyclic) bond motifs is 1. The van der Waals surface area contributed by atoms with E-state index in [0.717, 1.165) is 26.1 Å². The summed E-state index contributed by atoms with van der Waals surface area (Å²) in [7, 11) is 0. The normalized spacial score (nSPS) is 35.9. The highest BCUT2D eigenvalue weighted by Gasteiger charge is 2.65. The van der Waals surface area contributed by atoms with Gasteiger partial charge in [0, 0.05) is 5.56 Å². The van der Waals surface area contributed by atoms with Gasteiger partial charge >= 0.3 is 5.90 Å². The van der Waals surface area contributed by atoms with Crippen molar-refractivity contribution >= 4 is 5.90 Å². The van der Waals surface area contributed by atoms with Gasteiger partial charge in [-0.3, -0.25) is 0 Å². The summed E-state index contributed by atoms with van der Waals surface area (Å²) in [6.45, 7) is 2.28. The molecule has 0 radical (unpaired) electrons. The van der Waals surface area contributed by atoms with Gasteiger partial charge in [0.1, 0.15) is 6.61 Å². The van der Waals surface area contributed by atoms with Crippen LogP contribution in [0.3, 0.4) is 0 Å². The van der Waals surface area contributed by atoms with Crippen LogP contribution in [0.4, 0.5) is 0 Å². The molecule has 32 heavy (non-hydrogen) atoms. The molecular weight excluding hydrogens is 398 g/mol. The number of hydrogen-bond acceptors (Lipinski definition) is 2. The Balaban J connectivity index is 1.08. The summed E-state index contributed by atoms with van der Waals surface area (Å²) < 4.78 is 14.9. The van der Waals surface area contributed by atoms with Gasteiger partial charge < -0.3 is 14.6 Å². The van der Waals surface area contributed by atoms with Crippen molar-refractivity contribution in [1.82, 2.24) is 0 Å². The van der Waals surface area contributed by atoms with Crippen LogP contribution in [0.15, 0.2) is 60.7 Å². The first-order valence-corrected chi connectivity index (χ1v) is 12.3. The van der Waals surface area contributed by atoms with Gasteiger partial charge in [0.25, 0.3) is 5.72 Å². The minimum atomic E-state index is -0.305. The van der Waals surface area contributed by atoms with E-state index in [1.54, 1.807) is 0 Å². The molecule has 4 aliphatic rings. The average molecular weight is 433 g/mol. The number of aliphatic hydroxyl groups excluding tert-OH is 1. The highest BCUT2D eigenvalue weighted by Crippen LogP contribution is 2.64. The third-order valence-corrected chi connectivity index (χ3v) is 8.79. The fourth-order valence-corrected chi connectivity index (χ4v) is 6.89. The molecule has 2 aromatic rings. The molecule has 0 aromatic heterocycles. The quantitative estimate of drug-likeness (QED) is 0.602. The Bertz CT molecular complexity index is 980. The summed E-state index contributed by atoms with van der Waals surface area (Å²) in [4.78, 5) is 0. The van der Waals surface area contributed by atoms with Crippen molar-refractivity contribution in [3.63, 3.8) is 0 Å². The van der Waals surface area contributed by atoms with Crippen molar-refractivity contribution in [2.75, 3.05) is 13.2 Å². The van der Waals surface area contributed by atoms with Gasteiger partial charge in [-0.05, 0) is 49.0 Å². The van der Waals surface area contributed by atoms with Crippen LogP contribution in [0.25, 0.3) is 0 Å². The summed E-state index contributed by atoms with van der Waals surface area (Å²) in [6.07, 6.45) is 7.90. The molecular formula is C28H34NO3+. The summed E-state index contributed by atoms with van der Waals surface area (Å²) in [6, 6.07) is 21.2. The Kier molecular flexibility index (Phi) is 5.11. The Hall–Kier alpha value is -2.17. The van der Waals surface area contributed by atoms with Crippen LogP contribution in [-0.2, 0) is 16.1 Å². The maximum atomic E-state index is 10.8. The zero-order chi connectivity index (χ0) is 21.6. The standard InChI is InChI=1S/C28H33NO3/c30-26-13-16-28(29(26)25(20-32-28)22-9-5-2-6-10-22)23-11-14-27(15-12-23)17-24(27)19-31-18-21-7-3-1-4-8-21/h1-10,23-25H,11-20H2/p+1/t23?,24-,25+,27?,28-/m0/s1. The van der Waals surface area contributed by atoms with Crippen LogP contribution in [0.1, 0.15) is 62.1 Å². The molecule has 3 atom stereocenters. The molecule has 6 rings (SSSR count). The second kappa shape index (κ2) is 8.00. The largest absolute Gasteiger partial charge is 0.463 e. The fraction of sp³-hybridized carbons (Fsp3) is 0.536. The second-order valence-electron chi connectivity index (χ2n) is 10.4. The van der Waals surface area contributed by atoms with E-state index >= 15 is 0 Å². The predicted octanol–water partition coefficient (Wildman–Crippen LogP) is 5.63. The average Bonchev–Trinajstić information content (AvgIpc) is 3.18. The lowest BCUT2D eigenvalue weighted by Crippen LogP contribution is -2.46. The topological polar surface area (TPSA) is 41.7 Å². The molecule has 2 saturated carbocycles. The van der Waals surface area contributed by atoms with Gasteiger partial charge in [-0.15, -0.1) is 0 Å². The molecule has 0 amide bonds. The number of ether oxygens (including phenoxy) is 2. The number of benzene rings is 2. The van der Waals surface area contributed by atoms with E-state index < -0.39 is 0 Å². The lowest BCUT2D eigenvalue weighted by molar-refractivity contribution is -0.658. The Labute approximate surface area is 190 Å². The van der Waals surface area contributed by atoms with Gasteiger partial charge in [-0.25, -0.2) is 0 Å². The van der Waals surface area contributed by atoms with Crippen LogP contribution < -0.4 is 0 Å². The Morgan fingerprint density at radius 1 is 0.969 bits per heavy atom. The molecule has 2 aromatic carbocycles. The Morgan fingerprint density at radius 2 is 1.69 bits per heavy atom. The van der Waals surface area contributed by atoms with E-state index in [1.165, 1.54) is 43.2 Å². The van der Waals surface area contributed by atoms with Crippen LogP contribution in [0.5, 0.6) is 0 Å². The van der Waals surface area contributed by atoms with Crippen molar-refractivity contribution in [1.29, 1.82) is 0 Å². The van der Waals surface area contributed by atoms with Crippen LogP contribution in [0.2, 0.25) is 0 Å². The molecule has 2 aliphatic heterocycles. The van der Waals surface area contributed by atoms with Crippen molar-refractivity contribution in [2.24, 2.45) is 17.3 Å². The molecule has 4 nitrogen and oxygen atoms in total. The number of nitrogens with zero attached hydrogens (tertiary/aromatic N) is 1. The third-order valence-electron chi connectivity index (χ3n) is 8.79. The van der Waals surface area contributed by atoms with Crippen LogP contribution >= 0.6 is 0 Å². The first-order valence-electron chi connectivity index (χ1n) is 12.3. The SMILES string of the molecule is OC1=[N+]2[C@@H](c3ccccc3)CO[C@]2(C2CCC3(CC2)C[C@H]3COCc2ccccc2)CC1. The first kappa shape index (κ1) is 20.4. The van der Waals surface area contributed by atoms with Gasteiger partial charge in [-0.2, -0.15) is 4.58 Å². The van der Waals surface area contributed by atoms with Crippen LogP contribution in [-0.4, -0.2) is 34.5 Å². The third kappa shape index (κ3) is 3.39. The Morgan fingerprint density at radius 3 is 2.44 bits per heavy atom. The van der Waals surface area contributed by atoms with Gasteiger partial charge in [0.2, 0.25) is 6.04 Å². The molecule has 1 spiro atoms. The molecule has 1 N–H and O–H groups in total. The minimum Gasteiger partial charge on any atom is -0.463 e. The summed E-state index contributed by atoms with van der Waals surface area (Å²) in [5.74, 6) is 1.74. The molecule has 168 valence electrons. The summed E-state index contributed by atoms with van der Waals surface area (Å²) >= 11 is 0. The molecule has 2 heterocycles. The molecule has 4 heteroatoms. The highest BCUT2D eigenvalue weighted by molar-refractivity contribution is 5.70. The first-order chi connectivity index (χ1) is 15.7. The predicted molar refractivity (Wildman–Crippen MR) is 124 cm³/mol. The zero-order valence-electron chi connectivity index (χ0n) is 18.8. The van der Waals surface area contributed by atoms with Gasteiger partial charge in [0.15, 0.2) is 0 Å². The van der Waals surface area contributed by atoms with Crippen molar-refractivity contribution < 1.29 is 19.2 Å². The zero-order valence-corrected chi connectivity index (χ0v) is 18.8. The lowest BCUT2D eigenvalue weighted by atomic mass is 9.73.